The molecule has 0 N–H and O–H groups in total. The van der Waals surface area contributed by atoms with Crippen LogP contribution in [-0.2, 0) is 9.59 Å². The number of nitrogens with zero attached hydrogens (tertiary/aromatic N) is 1. The van der Waals surface area contributed by atoms with Crippen LogP contribution in [0.15, 0.2) is 0 Å². The van der Waals surface area contributed by atoms with E-state index in [4.69, 9.17) is 0 Å². The van der Waals surface area contributed by atoms with E-state index in [0.717, 1.165) is 0 Å². The molecule has 0 saturated carbocycles. The molecule has 0 aliphatic heterocycles. The van der Waals surface area contributed by atoms with Gasteiger partial charge < -0.3 is 12.4 Å². The van der Waals surface area contributed by atoms with Crippen LogP contribution < -0.4 is 12.4 Å². The number of carbonyl (C=O) groups excluding carboxylic acids is 2. The first-order chi connectivity index (χ1) is 3.89. The molecule has 10 heavy (non-hydrogen) atoms. The number of imide groups is 1. The fraction of sp³-hybridized carbons (Fsp3) is 0.667. The number of carbonyl (C=O) groups is 2. The van der Waals surface area contributed by atoms with Crippen LogP contribution >= 0.6 is 0 Å². The smallest absolute Gasteiger partial charge is 0.317 e. The Morgan fingerprint density at radius 3 is 1.20 bits per heavy atom. The summed E-state index contributed by atoms with van der Waals surface area (Å²) in [5, 5.41) is 0. The van der Waals surface area contributed by atoms with Gasteiger partial charge in [-0.05, 0) is 0 Å². The molecule has 2 amide bonds. The maximum atomic E-state index is 10.7. The average Bonchev–Trinajstić information content (AvgIpc) is 1.65. The summed E-state index contributed by atoms with van der Waals surface area (Å²) in [5.41, 5.74) is 0. The van der Waals surface area contributed by atoms with Gasteiger partial charge in [-0.3, -0.25) is 0 Å². The SMILES string of the molecule is CC(=O)[N+](C)(C)C(C)=O.[Cl-]. The minimum absolute atomic E-state index is 0. The normalized spacial score (nSPS) is 10.0. The van der Waals surface area contributed by atoms with Crippen LogP contribution in [0.25, 0.3) is 0 Å². The highest BCUT2D eigenvalue weighted by molar-refractivity contribution is 5.81. The van der Waals surface area contributed by atoms with Crippen molar-refractivity contribution in [1.29, 1.82) is 0 Å². The number of amides is 2. The van der Waals surface area contributed by atoms with Crippen LogP contribution in [-0.4, -0.2) is 30.4 Å². The fourth-order valence-electron chi connectivity index (χ4n) is 0.222. The van der Waals surface area contributed by atoms with Gasteiger partial charge in [0.15, 0.2) is 0 Å². The van der Waals surface area contributed by atoms with Gasteiger partial charge in [0, 0.05) is 0 Å². The highest BCUT2D eigenvalue weighted by Gasteiger charge is 2.27. The van der Waals surface area contributed by atoms with Gasteiger partial charge in [-0.1, -0.05) is 0 Å². The van der Waals surface area contributed by atoms with Crippen molar-refractivity contribution in [3.63, 3.8) is 0 Å². The highest BCUT2D eigenvalue weighted by atomic mass is 35.5. The summed E-state index contributed by atoms with van der Waals surface area (Å²) >= 11 is 0. The van der Waals surface area contributed by atoms with Crippen LogP contribution in [0.4, 0.5) is 0 Å². The van der Waals surface area contributed by atoms with Crippen molar-refractivity contribution in [1.82, 2.24) is 0 Å². The molecule has 0 saturated heterocycles. The molecule has 0 aromatic rings. The van der Waals surface area contributed by atoms with Crippen molar-refractivity contribution in [3.8, 4) is 0 Å². The van der Waals surface area contributed by atoms with Crippen LogP contribution in [0.3, 0.4) is 0 Å². The molecular weight excluding hydrogens is 154 g/mol. The minimum Gasteiger partial charge on any atom is -1.00 e. The number of halogens is 1. The lowest BCUT2D eigenvalue weighted by molar-refractivity contribution is -0.733. The first-order valence-electron chi connectivity index (χ1n) is 2.75. The molecule has 0 atom stereocenters. The van der Waals surface area contributed by atoms with Gasteiger partial charge in [0.1, 0.15) is 0 Å². The lowest BCUT2D eigenvalue weighted by Crippen LogP contribution is -3.00. The number of hydrogen-bond acceptors (Lipinski definition) is 2. The summed E-state index contributed by atoms with van der Waals surface area (Å²) in [4.78, 5) is 21.3. The molecule has 0 unspecified atom stereocenters. The Hall–Kier alpha value is -0.410. The molecule has 0 fully saturated rings. The topological polar surface area (TPSA) is 34.1 Å². The summed E-state index contributed by atoms with van der Waals surface area (Å²) in [6.45, 7) is 2.81. The van der Waals surface area contributed by atoms with E-state index in [2.05, 4.69) is 0 Å². The van der Waals surface area contributed by atoms with Gasteiger partial charge in [0.05, 0.1) is 27.9 Å². The van der Waals surface area contributed by atoms with E-state index < -0.39 is 0 Å². The molecule has 3 nitrogen and oxygen atoms in total. The molecule has 0 spiro atoms. The molecule has 0 aromatic heterocycles. The Balaban J connectivity index is 0. The van der Waals surface area contributed by atoms with Gasteiger partial charge in [-0.15, -0.1) is 0 Å². The van der Waals surface area contributed by atoms with Crippen LogP contribution in [0, 0.1) is 0 Å². The van der Waals surface area contributed by atoms with Crippen molar-refractivity contribution in [2.45, 2.75) is 13.8 Å². The van der Waals surface area contributed by atoms with Gasteiger partial charge in [-0.2, -0.15) is 0 Å². The van der Waals surface area contributed by atoms with E-state index in [1.807, 2.05) is 0 Å². The number of hydrogen-bond donors (Lipinski definition) is 0. The van der Waals surface area contributed by atoms with E-state index in [-0.39, 0.29) is 28.7 Å². The van der Waals surface area contributed by atoms with Gasteiger partial charge in [0.2, 0.25) is 0 Å². The maximum Gasteiger partial charge on any atom is 0.317 e. The third-order valence-corrected chi connectivity index (χ3v) is 1.57. The Kier molecular flexibility index (Phi) is 4.53. The predicted octanol–water partition coefficient (Wildman–Crippen LogP) is -2.84. The zero-order chi connectivity index (χ0) is 7.65. The number of rotatable bonds is 0. The third kappa shape index (κ3) is 2.45. The van der Waals surface area contributed by atoms with E-state index in [0.29, 0.717) is 0 Å². The van der Waals surface area contributed by atoms with Crippen molar-refractivity contribution in [2.24, 2.45) is 0 Å². The summed E-state index contributed by atoms with van der Waals surface area (Å²) < 4.78 is -0.167. The van der Waals surface area contributed by atoms with Crippen molar-refractivity contribution in [3.05, 3.63) is 0 Å². The van der Waals surface area contributed by atoms with E-state index in [1.165, 1.54) is 13.8 Å². The molecule has 4 heteroatoms. The molecule has 0 rings (SSSR count). The monoisotopic (exact) mass is 165 g/mol. The molecule has 0 aromatic carbocycles. The maximum absolute atomic E-state index is 10.7. The largest absolute Gasteiger partial charge is 1.00 e. The van der Waals surface area contributed by atoms with Crippen LogP contribution in [0.5, 0.6) is 0 Å². The standard InChI is InChI=1S/C6H12NO2.ClH/c1-5(8)7(3,4)6(2)9;/h1-4H3;1H/q+1;/p-1. The van der Waals surface area contributed by atoms with Crippen molar-refractivity contribution < 1.29 is 26.5 Å². The number of quaternary nitrogens is 1. The summed E-state index contributed by atoms with van der Waals surface area (Å²) in [6.07, 6.45) is 0. The zero-order valence-corrected chi connectivity index (χ0v) is 7.40. The third-order valence-electron chi connectivity index (χ3n) is 1.57. The lowest BCUT2D eigenvalue weighted by atomic mass is 10.4. The zero-order valence-electron chi connectivity index (χ0n) is 6.64. The Morgan fingerprint density at radius 1 is 1.00 bits per heavy atom. The molecule has 0 heterocycles. The van der Waals surface area contributed by atoms with Gasteiger partial charge in [0.25, 0.3) is 0 Å². The minimum atomic E-state index is -0.167. The van der Waals surface area contributed by atoms with Crippen molar-refractivity contribution in [2.75, 3.05) is 14.1 Å². The Morgan fingerprint density at radius 2 is 1.20 bits per heavy atom. The van der Waals surface area contributed by atoms with E-state index >= 15 is 0 Å². The van der Waals surface area contributed by atoms with Gasteiger partial charge in [-0.25, -0.2) is 14.1 Å². The summed E-state index contributed by atoms with van der Waals surface area (Å²) in [6, 6.07) is 0. The molecule has 0 radical (unpaired) electrons. The Labute approximate surface area is 67.0 Å². The first-order valence-corrected chi connectivity index (χ1v) is 2.75. The average molecular weight is 166 g/mol. The van der Waals surface area contributed by atoms with Gasteiger partial charge >= 0.3 is 11.8 Å². The summed E-state index contributed by atoms with van der Waals surface area (Å²) in [5.74, 6) is -0.273. The molecule has 0 bridgehead atoms. The van der Waals surface area contributed by atoms with E-state index in [9.17, 15) is 9.59 Å². The molecule has 60 valence electrons. The van der Waals surface area contributed by atoms with Crippen molar-refractivity contribution >= 4 is 11.8 Å². The molecular formula is C6H12ClNO2. The Bertz CT molecular complexity index is 138. The quantitative estimate of drug-likeness (QED) is 0.363. The molecule has 0 aliphatic rings. The highest BCUT2D eigenvalue weighted by Crippen LogP contribution is 1.97. The summed E-state index contributed by atoms with van der Waals surface area (Å²) in [7, 11) is 3.15. The predicted molar refractivity (Wildman–Crippen MR) is 33.5 cm³/mol. The lowest BCUT2D eigenvalue weighted by Gasteiger charge is -2.19. The first kappa shape index (κ1) is 12.3. The second kappa shape index (κ2) is 3.68. The molecule has 0 aliphatic carbocycles. The second-order valence-corrected chi connectivity index (χ2v) is 2.49. The van der Waals surface area contributed by atoms with Crippen LogP contribution in [0.2, 0.25) is 0 Å². The second-order valence-electron chi connectivity index (χ2n) is 2.49. The van der Waals surface area contributed by atoms with Crippen LogP contribution in [0.1, 0.15) is 13.8 Å². The fourth-order valence-corrected chi connectivity index (χ4v) is 0.222. The van der Waals surface area contributed by atoms with E-state index in [1.54, 1.807) is 14.1 Å².